The van der Waals surface area contributed by atoms with Crippen LogP contribution in [0.1, 0.15) is 0 Å². The lowest BCUT2D eigenvalue weighted by molar-refractivity contribution is -0.476. The third-order valence-electron chi connectivity index (χ3n) is 4.63. The molecule has 0 saturated heterocycles. The molecule has 0 heterocycles. The molecule has 0 amide bonds. The van der Waals surface area contributed by atoms with Crippen molar-refractivity contribution in [2.75, 3.05) is 13.7 Å². The van der Waals surface area contributed by atoms with Gasteiger partial charge in [0.15, 0.2) is 0 Å². The molecule has 0 saturated carbocycles. The molecule has 0 aromatic carbocycles. The van der Waals surface area contributed by atoms with E-state index < -0.39 is 78.2 Å². The minimum absolute atomic E-state index is 0.0841. The van der Waals surface area contributed by atoms with Crippen molar-refractivity contribution in [3.05, 3.63) is 0 Å². The van der Waals surface area contributed by atoms with Crippen LogP contribution in [0.2, 0.25) is 0 Å². The van der Waals surface area contributed by atoms with Crippen LogP contribution in [0, 0.1) is 0 Å². The van der Waals surface area contributed by atoms with Gasteiger partial charge >= 0.3 is 71.6 Å². The summed E-state index contributed by atoms with van der Waals surface area (Å²) in [4.78, 5) is 0. The minimum atomic E-state index is -9.46. The van der Waals surface area contributed by atoms with Crippen LogP contribution in [0.25, 0.3) is 0 Å². The molecule has 0 spiro atoms. The number of hydrogen-bond donors (Lipinski definition) is 0. The largest absolute Gasteiger partial charge is 0.385 e. The molecule has 0 unspecified atom stereocenters. The smallest absolute Gasteiger partial charge is 0.378 e. The maximum Gasteiger partial charge on any atom is 0.385 e. The summed E-state index contributed by atoms with van der Waals surface area (Å²) in [7, 11) is -0.0841. The molecular formula is C14H6F24O. The molecule has 39 heavy (non-hydrogen) atoms. The second kappa shape index (κ2) is 9.41. The highest BCUT2D eigenvalue weighted by Crippen LogP contribution is 2.67. The van der Waals surface area contributed by atoms with E-state index in [1.807, 2.05) is 0 Å². The van der Waals surface area contributed by atoms with Crippen LogP contribution in [-0.4, -0.2) is 85.3 Å². The second-order valence-electron chi connectivity index (χ2n) is 7.23. The van der Waals surface area contributed by atoms with Gasteiger partial charge in [0.1, 0.15) is 6.61 Å². The Labute approximate surface area is 197 Å². The number of halogens is 24. The molecule has 0 aromatic rings. The van der Waals surface area contributed by atoms with Gasteiger partial charge in [-0.25, -0.2) is 8.78 Å². The molecule has 0 aromatic heterocycles. The molecule has 0 aliphatic rings. The molecule has 0 bridgehead atoms. The highest BCUT2D eigenvalue weighted by atomic mass is 19.4. The number of ether oxygens (including phenoxy) is 1. The van der Waals surface area contributed by atoms with Crippen molar-refractivity contribution in [1.29, 1.82) is 0 Å². The van der Waals surface area contributed by atoms with Crippen molar-refractivity contribution in [2.24, 2.45) is 0 Å². The number of rotatable bonds is 13. The molecule has 1 nitrogen and oxygen atoms in total. The van der Waals surface area contributed by atoms with Crippen molar-refractivity contribution in [3.63, 3.8) is 0 Å². The average molecular weight is 646 g/mol. The van der Waals surface area contributed by atoms with Gasteiger partial charge in [0.05, 0.1) is 0 Å². The Balaban J connectivity index is 7.24. The third-order valence-corrected chi connectivity index (χ3v) is 4.63. The first-order valence-corrected chi connectivity index (χ1v) is 8.43. The molecule has 0 aliphatic heterocycles. The maximum atomic E-state index is 13.5. The third kappa shape index (κ3) is 4.41. The van der Waals surface area contributed by atoms with E-state index in [2.05, 4.69) is 4.74 Å². The lowest BCUT2D eigenvalue weighted by atomic mass is 9.84. The standard InChI is InChI=1S/C14H6F24O/c1-39-2-4(17,18)6(21,22)8(25,26)10(29,30)12(33,34)14(37,38)13(35,36)11(31,32)9(27,28)7(23,24)5(19,20)3(15)16/h3H,2H2,1H3. The predicted octanol–water partition coefficient (Wildman–Crippen LogP) is 7.89. The first kappa shape index (κ1) is 37.3. The van der Waals surface area contributed by atoms with Gasteiger partial charge in [-0.05, 0) is 0 Å². The van der Waals surface area contributed by atoms with E-state index in [0.717, 1.165) is 0 Å². The van der Waals surface area contributed by atoms with Crippen molar-refractivity contribution in [1.82, 2.24) is 0 Å². The zero-order valence-corrected chi connectivity index (χ0v) is 17.3. The zero-order chi connectivity index (χ0) is 32.5. The van der Waals surface area contributed by atoms with Gasteiger partial charge in [0.2, 0.25) is 0 Å². The summed E-state index contributed by atoms with van der Waals surface area (Å²) in [6.45, 7) is -3.15. The van der Waals surface area contributed by atoms with Crippen LogP contribution >= 0.6 is 0 Å². The highest BCUT2D eigenvalue weighted by Gasteiger charge is 2.98. The van der Waals surface area contributed by atoms with E-state index in [9.17, 15) is 105 Å². The van der Waals surface area contributed by atoms with Crippen molar-refractivity contribution in [3.8, 4) is 0 Å². The number of methoxy groups -OCH3 is 1. The Kier molecular flexibility index (Phi) is 8.99. The van der Waals surface area contributed by atoms with E-state index in [-0.39, 0.29) is 7.11 Å². The second-order valence-corrected chi connectivity index (χ2v) is 7.23. The van der Waals surface area contributed by atoms with Gasteiger partial charge in [-0.1, -0.05) is 0 Å². The first-order chi connectivity index (χ1) is 16.5. The van der Waals surface area contributed by atoms with Gasteiger partial charge in [-0.3, -0.25) is 0 Å². The summed E-state index contributed by atoms with van der Waals surface area (Å²) in [6, 6.07) is 0. The van der Waals surface area contributed by atoms with Gasteiger partial charge in [0, 0.05) is 7.11 Å². The normalized spacial score (nSPS) is 16.8. The van der Waals surface area contributed by atoms with E-state index in [4.69, 9.17) is 0 Å². The van der Waals surface area contributed by atoms with E-state index in [1.165, 1.54) is 0 Å². The molecule has 0 atom stereocenters. The summed E-state index contributed by atoms with van der Waals surface area (Å²) in [6.07, 6.45) is -6.25. The van der Waals surface area contributed by atoms with Crippen LogP contribution in [0.5, 0.6) is 0 Å². The Morgan fingerprint density at radius 2 is 0.590 bits per heavy atom. The minimum Gasteiger partial charge on any atom is -0.378 e. The van der Waals surface area contributed by atoms with Crippen LogP contribution in [0.3, 0.4) is 0 Å². The zero-order valence-electron chi connectivity index (χ0n) is 17.3. The summed E-state index contributed by atoms with van der Waals surface area (Å²) in [5.74, 6) is -96.0. The quantitative estimate of drug-likeness (QED) is 0.185. The SMILES string of the molecule is COCC(F)(F)C(F)(F)C(F)(F)C(F)(F)C(F)(F)C(F)(F)C(F)(F)C(F)(F)C(F)(F)C(F)(F)C(F)(F)C(F)F. The van der Waals surface area contributed by atoms with Crippen LogP contribution in [0.15, 0.2) is 0 Å². The fourth-order valence-corrected chi connectivity index (χ4v) is 2.23. The average Bonchev–Trinajstić information content (AvgIpc) is 2.71. The predicted molar refractivity (Wildman–Crippen MR) is 72.3 cm³/mol. The molecule has 25 heteroatoms. The Bertz CT molecular complexity index is 870. The Morgan fingerprint density at radius 1 is 0.385 bits per heavy atom. The lowest BCUT2D eigenvalue weighted by Crippen LogP contribution is -2.78. The summed E-state index contributed by atoms with van der Waals surface area (Å²) in [5, 5.41) is 0. The molecule has 0 aliphatic carbocycles. The monoisotopic (exact) mass is 646 g/mol. The van der Waals surface area contributed by atoms with E-state index in [0.29, 0.717) is 0 Å². The fourth-order valence-electron chi connectivity index (χ4n) is 2.23. The molecule has 0 N–H and O–H groups in total. The van der Waals surface area contributed by atoms with E-state index >= 15 is 0 Å². The van der Waals surface area contributed by atoms with Crippen molar-refractivity contribution >= 4 is 0 Å². The molecule has 236 valence electrons. The fraction of sp³-hybridized carbons (Fsp3) is 1.00. The van der Waals surface area contributed by atoms with Crippen LogP contribution in [0.4, 0.5) is 105 Å². The lowest BCUT2D eigenvalue weighted by Gasteiger charge is -2.45. The first-order valence-electron chi connectivity index (χ1n) is 8.43. The van der Waals surface area contributed by atoms with Gasteiger partial charge in [-0.2, -0.15) is 96.6 Å². The molecule has 0 rings (SSSR count). The number of alkyl halides is 24. The molecular weight excluding hydrogens is 640 g/mol. The van der Waals surface area contributed by atoms with Crippen LogP contribution in [-0.2, 0) is 4.74 Å². The van der Waals surface area contributed by atoms with Gasteiger partial charge in [-0.15, -0.1) is 0 Å². The summed E-state index contributed by atoms with van der Waals surface area (Å²) < 4.78 is 320. The van der Waals surface area contributed by atoms with Gasteiger partial charge < -0.3 is 4.74 Å². The van der Waals surface area contributed by atoms with Crippen LogP contribution < -0.4 is 0 Å². The van der Waals surface area contributed by atoms with Crippen molar-refractivity contribution < 1.29 is 110 Å². The Hall–Kier alpha value is -1.72. The topological polar surface area (TPSA) is 9.23 Å². The maximum absolute atomic E-state index is 13.5. The highest BCUT2D eigenvalue weighted by molar-refractivity contribution is 5.19. The number of hydrogen-bond acceptors (Lipinski definition) is 1. The Morgan fingerprint density at radius 3 is 0.795 bits per heavy atom. The molecule has 0 fully saturated rings. The van der Waals surface area contributed by atoms with Gasteiger partial charge in [0.25, 0.3) is 0 Å². The molecule has 0 radical (unpaired) electrons. The summed E-state index contributed by atoms with van der Waals surface area (Å²) >= 11 is 0. The van der Waals surface area contributed by atoms with E-state index in [1.54, 1.807) is 0 Å². The summed E-state index contributed by atoms with van der Waals surface area (Å²) in [5.41, 5.74) is 0. The van der Waals surface area contributed by atoms with Crippen molar-refractivity contribution in [2.45, 2.75) is 71.6 Å².